The van der Waals surface area contributed by atoms with Crippen LogP contribution in [0.2, 0.25) is 0 Å². The predicted octanol–water partition coefficient (Wildman–Crippen LogP) is 4.60. The van der Waals surface area contributed by atoms with Gasteiger partial charge in [0.1, 0.15) is 23.7 Å². The summed E-state index contributed by atoms with van der Waals surface area (Å²) < 4.78 is 49.2. The molecule has 5 rings (SSSR count). The lowest BCUT2D eigenvalue weighted by Gasteiger charge is -2.47. The van der Waals surface area contributed by atoms with Gasteiger partial charge in [-0.05, 0) is 86.0 Å². The van der Waals surface area contributed by atoms with Crippen LogP contribution in [0.5, 0.6) is 0 Å². The van der Waals surface area contributed by atoms with Crippen LogP contribution in [0.3, 0.4) is 0 Å². The number of unbranched alkanes of at least 4 members (excludes halogenated alkanes) is 1. The molecule has 17 heteroatoms. The first-order valence-corrected chi connectivity index (χ1v) is 21.0. The topological polar surface area (TPSA) is 198 Å². The van der Waals surface area contributed by atoms with Gasteiger partial charge in [0.05, 0.1) is 30.0 Å². The molecule has 3 fully saturated rings. The van der Waals surface area contributed by atoms with Crippen molar-refractivity contribution in [3.05, 3.63) is 30.5 Å². The number of cyclic esters (lactones) is 1. The maximum absolute atomic E-state index is 16.9. The maximum atomic E-state index is 16.9. The van der Waals surface area contributed by atoms with Gasteiger partial charge in [-0.25, -0.2) is 14.0 Å². The van der Waals surface area contributed by atoms with E-state index in [0.29, 0.717) is 37.2 Å². The lowest BCUT2D eigenvalue weighted by atomic mass is 9.73. The highest BCUT2D eigenvalue weighted by molar-refractivity contribution is 6.08. The van der Waals surface area contributed by atoms with Gasteiger partial charge in [0, 0.05) is 55.2 Å². The lowest BCUT2D eigenvalue weighted by molar-refractivity contribution is -0.295. The van der Waals surface area contributed by atoms with Gasteiger partial charge in [-0.3, -0.25) is 14.3 Å². The first kappa shape index (κ1) is 47.0. The Morgan fingerprint density at radius 1 is 1.05 bits per heavy atom. The Morgan fingerprint density at radius 2 is 1.73 bits per heavy atom. The first-order valence-electron chi connectivity index (χ1n) is 21.0. The summed E-state index contributed by atoms with van der Waals surface area (Å²) >= 11 is 0. The molecule has 4 heterocycles. The van der Waals surface area contributed by atoms with Crippen molar-refractivity contribution in [3.8, 4) is 11.3 Å². The van der Waals surface area contributed by atoms with Crippen molar-refractivity contribution >= 4 is 29.3 Å². The molecular weight excluding hydrogens is 780 g/mol. The summed E-state index contributed by atoms with van der Waals surface area (Å²) in [5.74, 6) is -5.85. The summed E-state index contributed by atoms with van der Waals surface area (Å²) in [4.78, 5) is 60.1. The van der Waals surface area contributed by atoms with Crippen LogP contribution >= 0.6 is 0 Å². The summed E-state index contributed by atoms with van der Waals surface area (Å²) in [5, 5.41) is 19.9. The second kappa shape index (κ2) is 18.5. The number of aryl methyl sites for hydroxylation is 1. The van der Waals surface area contributed by atoms with E-state index < -0.39 is 83.1 Å². The van der Waals surface area contributed by atoms with E-state index in [1.54, 1.807) is 45.4 Å². The van der Waals surface area contributed by atoms with E-state index in [-0.39, 0.29) is 37.3 Å². The quantitative estimate of drug-likeness (QED) is 0.138. The molecule has 0 saturated carbocycles. The normalized spacial score (nSPS) is 37.1. The standard InChI is InChI=1S/C43H65FN6O10/c1-12-32-43(8)35(50(40(55)60-43)19-14-13-18-49-23-30(46-47-49)28-16-15-17-29(45)21-28)26(4)33(51)24(2)22-41(6,56-11)37(27(5)36(53)42(7,44)39(54)58-32)59-38-34(52)31(48(9)10)20-25(3)57-38/h15-17,21,23-27,31-32,34-35,37-38,52H,12-14,18-20,22,45H2,1-11H3/t24-,25-,26+,27+,31+,32-,34-,35-,37-,38+,41-,42+,43-/m1/s1. The Morgan fingerprint density at radius 3 is 2.37 bits per heavy atom. The number of carbonyl (C=O) groups excluding carboxylic acids is 4. The van der Waals surface area contributed by atoms with Crippen LogP contribution in [0.15, 0.2) is 30.5 Å². The molecule has 13 atom stereocenters. The average molecular weight is 845 g/mol. The number of hydrogen-bond donors (Lipinski definition) is 2. The minimum atomic E-state index is -3.19. The van der Waals surface area contributed by atoms with E-state index in [1.807, 2.05) is 50.3 Å². The van der Waals surface area contributed by atoms with Gasteiger partial charge in [0.15, 0.2) is 17.7 Å². The minimum Gasteiger partial charge on any atom is -0.455 e. The van der Waals surface area contributed by atoms with E-state index in [1.165, 1.54) is 18.9 Å². The number of esters is 1. The van der Waals surface area contributed by atoms with E-state index in [0.717, 1.165) is 12.5 Å². The molecule has 3 aliphatic heterocycles. The van der Waals surface area contributed by atoms with Crippen LogP contribution in [0, 0.1) is 17.8 Å². The molecule has 0 bridgehead atoms. The van der Waals surface area contributed by atoms with Crippen LogP contribution in [0.1, 0.15) is 87.5 Å². The van der Waals surface area contributed by atoms with E-state index in [9.17, 15) is 24.3 Å². The fourth-order valence-corrected chi connectivity index (χ4v) is 9.51. The number of anilines is 1. The molecule has 0 unspecified atom stereocenters. The Labute approximate surface area is 352 Å². The second-order valence-corrected chi connectivity index (χ2v) is 17.8. The molecule has 0 spiro atoms. The van der Waals surface area contributed by atoms with Gasteiger partial charge < -0.3 is 44.3 Å². The maximum Gasteiger partial charge on any atom is 0.410 e. The fraction of sp³-hybridized carbons (Fsp3) is 0.721. The molecule has 1 amide bonds. The number of Topliss-reactive ketones (excluding diaryl/α,β-unsaturated/α-hetero) is 2. The van der Waals surface area contributed by atoms with Gasteiger partial charge in [-0.1, -0.05) is 45.0 Å². The number of nitrogen functional groups attached to an aromatic ring is 1. The van der Waals surface area contributed by atoms with Gasteiger partial charge in [0.2, 0.25) is 0 Å². The number of fused-ring (bicyclic) bond motifs is 1. The zero-order valence-electron chi connectivity index (χ0n) is 36.9. The van der Waals surface area contributed by atoms with E-state index in [2.05, 4.69) is 10.3 Å². The minimum absolute atomic E-state index is 0.0111. The lowest BCUT2D eigenvalue weighted by Crippen LogP contribution is -2.61. The molecule has 0 aliphatic carbocycles. The van der Waals surface area contributed by atoms with Crippen LogP contribution in [-0.4, -0.2) is 141 Å². The van der Waals surface area contributed by atoms with Crippen LogP contribution < -0.4 is 5.73 Å². The fourth-order valence-electron chi connectivity index (χ4n) is 9.51. The monoisotopic (exact) mass is 844 g/mol. The van der Waals surface area contributed by atoms with Crippen molar-refractivity contribution in [2.45, 2.75) is 154 Å². The van der Waals surface area contributed by atoms with Crippen LogP contribution in [0.25, 0.3) is 11.3 Å². The van der Waals surface area contributed by atoms with Gasteiger partial charge in [-0.15, -0.1) is 5.10 Å². The van der Waals surface area contributed by atoms with Crippen molar-refractivity contribution in [2.24, 2.45) is 17.8 Å². The molecule has 2 aromatic rings. The summed E-state index contributed by atoms with van der Waals surface area (Å²) in [6.07, 6.45) is -2.57. The highest BCUT2D eigenvalue weighted by atomic mass is 19.1. The number of halogens is 1. The number of benzene rings is 1. The zero-order chi connectivity index (χ0) is 44.5. The predicted molar refractivity (Wildman–Crippen MR) is 219 cm³/mol. The zero-order valence-corrected chi connectivity index (χ0v) is 36.9. The molecule has 3 saturated heterocycles. The number of nitrogens with two attached hydrogens (primary N) is 1. The summed E-state index contributed by atoms with van der Waals surface area (Å²) in [6.45, 7) is 13.1. The van der Waals surface area contributed by atoms with Crippen molar-refractivity contribution in [2.75, 3.05) is 33.5 Å². The molecule has 3 N–H and O–H groups in total. The largest absolute Gasteiger partial charge is 0.455 e. The number of methoxy groups -OCH3 is 1. The summed E-state index contributed by atoms with van der Waals surface area (Å²) in [7, 11) is 5.04. The summed E-state index contributed by atoms with van der Waals surface area (Å²) in [5.41, 5.74) is 1.80. The van der Waals surface area contributed by atoms with E-state index >= 15 is 4.39 Å². The smallest absolute Gasteiger partial charge is 0.410 e. The average Bonchev–Trinajstić information content (AvgIpc) is 3.78. The number of aliphatic hydroxyl groups excluding tert-OH is 1. The molecule has 16 nitrogen and oxygen atoms in total. The second-order valence-electron chi connectivity index (χ2n) is 17.8. The first-order chi connectivity index (χ1) is 28.1. The number of ether oxygens (including phenoxy) is 5. The van der Waals surface area contributed by atoms with Gasteiger partial charge in [-0.2, -0.15) is 0 Å². The van der Waals surface area contributed by atoms with Gasteiger partial charge >= 0.3 is 12.1 Å². The molecule has 3 aliphatic rings. The summed E-state index contributed by atoms with van der Waals surface area (Å²) in [6, 6.07) is 6.02. The molecule has 334 valence electrons. The third-order valence-corrected chi connectivity index (χ3v) is 12.9. The molecule has 1 aromatic heterocycles. The third kappa shape index (κ3) is 9.39. The Hall–Kier alpha value is -4.03. The SMILES string of the molecule is CC[C@H]1OC(=O)[C@@](C)(F)C(=O)[C@H](C)[C@@H](O[C@@H]2O[C@H](C)C[C@H](N(C)C)[C@H]2O)[C@](C)(OC)C[C@@H](C)C(=O)[C@H](C)[C@H]2N(CCCCn3cc(-c4cccc(N)c4)nn3)C(=O)O[C@]12C. The number of nitrogens with zero attached hydrogens (tertiary/aromatic N) is 5. The number of hydrogen-bond acceptors (Lipinski definition) is 14. The van der Waals surface area contributed by atoms with Crippen molar-refractivity contribution in [3.63, 3.8) is 0 Å². The van der Waals surface area contributed by atoms with Crippen molar-refractivity contribution in [1.29, 1.82) is 0 Å². The number of likely N-dealkylation sites (N-methyl/N-ethyl adjacent to an activating group) is 1. The van der Waals surface area contributed by atoms with Crippen LogP contribution in [0.4, 0.5) is 14.9 Å². The van der Waals surface area contributed by atoms with Crippen LogP contribution in [-0.2, 0) is 44.6 Å². The number of rotatable bonds is 11. The number of carbonyl (C=O) groups is 4. The van der Waals surface area contributed by atoms with Crippen molar-refractivity contribution in [1.82, 2.24) is 24.8 Å². The number of alkyl halides is 1. The molecule has 1 aromatic carbocycles. The number of aliphatic hydroxyl groups is 1. The van der Waals surface area contributed by atoms with E-state index in [4.69, 9.17) is 29.4 Å². The Balaban J connectivity index is 1.45. The Kier molecular flexibility index (Phi) is 14.5. The third-order valence-electron chi connectivity index (χ3n) is 12.9. The number of ketones is 2. The molecule has 60 heavy (non-hydrogen) atoms. The Bertz CT molecular complexity index is 1860. The highest BCUT2D eigenvalue weighted by Gasteiger charge is 2.61. The number of aromatic nitrogens is 3. The highest BCUT2D eigenvalue weighted by Crippen LogP contribution is 2.44. The molecule has 0 radical (unpaired) electrons. The van der Waals surface area contributed by atoms with Crippen molar-refractivity contribution < 1.29 is 52.4 Å². The molecular formula is C43H65FN6O10. The van der Waals surface area contributed by atoms with Gasteiger partial charge in [0.25, 0.3) is 5.67 Å². The number of amides is 1.